The molecule has 0 rings (SSSR count). The van der Waals surface area contributed by atoms with Gasteiger partial charge in [-0.25, -0.2) is 4.57 Å². The van der Waals surface area contributed by atoms with Crippen molar-refractivity contribution in [2.75, 3.05) is 40.9 Å². The van der Waals surface area contributed by atoms with Crippen molar-refractivity contribution in [1.29, 1.82) is 0 Å². The van der Waals surface area contributed by atoms with Gasteiger partial charge in [0, 0.05) is 6.42 Å². The summed E-state index contributed by atoms with van der Waals surface area (Å²) in [6, 6.07) is -0.786. The van der Waals surface area contributed by atoms with Crippen molar-refractivity contribution >= 4 is 13.7 Å². The summed E-state index contributed by atoms with van der Waals surface area (Å²) in [6.07, 6.45) is 95.8. The predicted octanol–water partition coefficient (Wildman–Crippen LogP) is 22.4. The molecule has 484 valence electrons. The van der Waals surface area contributed by atoms with Crippen molar-refractivity contribution in [3.8, 4) is 0 Å². The highest BCUT2D eigenvalue weighted by Crippen LogP contribution is 2.43. The average Bonchev–Trinajstić information content (AvgIpc) is 3.56. The lowest BCUT2D eigenvalue weighted by atomic mass is 10.0. The highest BCUT2D eigenvalue weighted by Gasteiger charge is 2.28. The number of carbonyl (C=O) groups excluding carboxylic acids is 1. The van der Waals surface area contributed by atoms with Gasteiger partial charge in [-0.2, -0.15) is 0 Å². The SMILES string of the molecule is CC/C=C\C/C=C\C/C=C\C/C=C\C/C=C\C/C=C\C/C=C\C/C=C\C/C=C\C/C=C\CCCCCCC(=O)NC(COP(=O)(O)OCC[N+](C)(C)C)C(O)CCCCCCCCCCCCCCCCCCCCCCCCCCCCC. The van der Waals surface area contributed by atoms with Crippen LogP contribution in [0.15, 0.2) is 122 Å². The number of hydrogen-bond acceptors (Lipinski definition) is 5. The predicted molar refractivity (Wildman–Crippen MR) is 368 cm³/mol. The van der Waals surface area contributed by atoms with E-state index in [0.717, 1.165) is 116 Å². The van der Waals surface area contributed by atoms with Crippen molar-refractivity contribution in [3.63, 3.8) is 0 Å². The lowest BCUT2D eigenvalue weighted by Gasteiger charge is -2.26. The topological polar surface area (TPSA) is 105 Å². The number of rotatable bonds is 63. The molecule has 0 saturated carbocycles. The molecule has 0 heterocycles. The third-order valence-corrected chi connectivity index (χ3v) is 16.2. The van der Waals surface area contributed by atoms with Gasteiger partial charge in [0.05, 0.1) is 39.9 Å². The third kappa shape index (κ3) is 66.4. The maximum atomic E-state index is 13.1. The van der Waals surface area contributed by atoms with E-state index in [0.29, 0.717) is 23.9 Å². The van der Waals surface area contributed by atoms with Crippen LogP contribution in [0.25, 0.3) is 0 Å². The minimum Gasteiger partial charge on any atom is -0.391 e. The van der Waals surface area contributed by atoms with E-state index in [2.05, 4.69) is 141 Å². The van der Waals surface area contributed by atoms with Crippen LogP contribution in [-0.4, -0.2) is 73.4 Å². The van der Waals surface area contributed by atoms with Gasteiger partial charge in [0.25, 0.3) is 0 Å². The summed E-state index contributed by atoms with van der Waals surface area (Å²) < 4.78 is 23.9. The maximum Gasteiger partial charge on any atom is 0.472 e. The highest BCUT2D eigenvalue weighted by molar-refractivity contribution is 7.47. The van der Waals surface area contributed by atoms with E-state index in [4.69, 9.17) is 9.05 Å². The molecule has 0 bridgehead atoms. The Morgan fingerprint density at radius 3 is 1.05 bits per heavy atom. The molecule has 0 aliphatic heterocycles. The molecule has 3 N–H and O–H groups in total. The zero-order valence-corrected chi connectivity index (χ0v) is 56.3. The van der Waals surface area contributed by atoms with E-state index in [1.165, 1.54) is 154 Å². The molecule has 8 nitrogen and oxygen atoms in total. The zero-order chi connectivity index (χ0) is 61.2. The van der Waals surface area contributed by atoms with Crippen molar-refractivity contribution < 1.29 is 32.9 Å². The number of phosphoric ester groups is 1. The Hall–Kier alpha value is -3.10. The Bertz CT molecular complexity index is 1780. The van der Waals surface area contributed by atoms with Gasteiger partial charge in [-0.3, -0.25) is 13.8 Å². The van der Waals surface area contributed by atoms with Crippen LogP contribution in [0, 0.1) is 0 Å². The number of carbonyl (C=O) groups is 1. The third-order valence-electron chi connectivity index (χ3n) is 15.2. The minimum absolute atomic E-state index is 0.0634. The monoisotopic (exact) mass is 1190 g/mol. The Balaban J connectivity index is 4.17. The van der Waals surface area contributed by atoms with Crippen molar-refractivity contribution in [2.45, 2.75) is 309 Å². The number of allylic oxidation sites excluding steroid dienone is 20. The summed E-state index contributed by atoms with van der Waals surface area (Å²) in [6.45, 7) is 4.77. The van der Waals surface area contributed by atoms with E-state index in [1.54, 1.807) is 0 Å². The summed E-state index contributed by atoms with van der Waals surface area (Å²) >= 11 is 0. The number of nitrogens with zero attached hydrogens (tertiary/aromatic N) is 1. The second kappa shape index (κ2) is 64.4. The summed E-state index contributed by atoms with van der Waals surface area (Å²) in [5.74, 6) is -0.170. The molecule has 0 aromatic carbocycles. The molecule has 3 unspecified atom stereocenters. The number of quaternary nitrogens is 1. The fourth-order valence-corrected chi connectivity index (χ4v) is 10.6. The molecule has 0 spiro atoms. The number of nitrogens with one attached hydrogen (secondary N) is 1. The standard InChI is InChI=1S/C75H133N2O6P/c1-6-8-10-12-14-16-18-20-22-24-26-28-30-32-34-35-36-37-38-39-40-41-43-45-47-49-51-53-55-57-59-61-63-65-67-69-75(79)76-73(72-83-84(80,81)82-71-70-77(3,4)5)74(78)68-66-64-62-60-58-56-54-52-50-48-46-44-42-33-31-29-27-25-23-21-19-17-15-13-11-9-7-2/h8,10,14,16,20,22,26,28,32,34,36-37,39-40,43,45,49,51,55,57,73-74,78H,6-7,9,11-13,15,17-19,21,23-25,27,29-31,33,35,38,41-42,44,46-48,50,52-54,56,58-72H2,1-5H3,(H-,76,79,80,81)/p+1/b10-8-,16-14-,22-20-,28-26-,34-32-,37-36-,40-39-,45-43-,51-49-,57-55-. The van der Waals surface area contributed by atoms with E-state index < -0.39 is 20.0 Å². The van der Waals surface area contributed by atoms with E-state index >= 15 is 0 Å². The van der Waals surface area contributed by atoms with Crippen molar-refractivity contribution in [2.24, 2.45) is 0 Å². The molecular formula is C75H134N2O6P+. The van der Waals surface area contributed by atoms with Crippen LogP contribution in [0.1, 0.15) is 296 Å². The van der Waals surface area contributed by atoms with Crippen LogP contribution in [0.2, 0.25) is 0 Å². The van der Waals surface area contributed by atoms with Crippen LogP contribution < -0.4 is 5.32 Å². The van der Waals surface area contributed by atoms with E-state index in [1.807, 2.05) is 21.1 Å². The summed E-state index contributed by atoms with van der Waals surface area (Å²) in [5, 5.41) is 14.1. The summed E-state index contributed by atoms with van der Waals surface area (Å²) in [7, 11) is 1.59. The fourth-order valence-electron chi connectivity index (χ4n) is 9.84. The Labute approximate surface area is 520 Å². The average molecular weight is 1190 g/mol. The molecule has 0 saturated heterocycles. The van der Waals surface area contributed by atoms with Gasteiger partial charge in [0.2, 0.25) is 5.91 Å². The van der Waals surface area contributed by atoms with Gasteiger partial charge < -0.3 is 19.8 Å². The van der Waals surface area contributed by atoms with Gasteiger partial charge in [0.15, 0.2) is 0 Å². The minimum atomic E-state index is -4.35. The molecule has 3 atom stereocenters. The molecule has 0 fully saturated rings. The normalized spacial score (nSPS) is 14.4. The Morgan fingerprint density at radius 1 is 0.417 bits per heavy atom. The lowest BCUT2D eigenvalue weighted by Crippen LogP contribution is -2.46. The first-order valence-corrected chi connectivity index (χ1v) is 36.4. The molecule has 0 aromatic rings. The zero-order valence-electron chi connectivity index (χ0n) is 55.4. The van der Waals surface area contributed by atoms with Crippen LogP contribution >= 0.6 is 7.82 Å². The first-order valence-electron chi connectivity index (χ1n) is 34.9. The number of aliphatic hydroxyl groups excluding tert-OH is 1. The Kier molecular flexibility index (Phi) is 62.0. The van der Waals surface area contributed by atoms with Crippen LogP contribution in [0.4, 0.5) is 0 Å². The molecule has 0 aliphatic rings. The molecule has 0 aromatic heterocycles. The fraction of sp³-hybridized carbons (Fsp3) is 0.720. The molecule has 0 radical (unpaired) electrons. The molecular weight excluding hydrogens is 1060 g/mol. The summed E-state index contributed by atoms with van der Waals surface area (Å²) in [5.41, 5.74) is 0. The number of amides is 1. The molecule has 84 heavy (non-hydrogen) atoms. The number of aliphatic hydroxyl groups is 1. The van der Waals surface area contributed by atoms with Crippen molar-refractivity contribution in [3.05, 3.63) is 122 Å². The Morgan fingerprint density at radius 2 is 0.714 bits per heavy atom. The summed E-state index contributed by atoms with van der Waals surface area (Å²) in [4.78, 5) is 23.5. The molecule has 0 aliphatic carbocycles. The van der Waals surface area contributed by atoms with Gasteiger partial charge in [-0.1, -0.05) is 322 Å². The number of likely N-dealkylation sites (N-methyl/N-ethyl adjacent to an activating group) is 1. The number of hydrogen-bond donors (Lipinski definition) is 3. The van der Waals surface area contributed by atoms with Crippen LogP contribution in [-0.2, 0) is 18.4 Å². The van der Waals surface area contributed by atoms with Gasteiger partial charge in [-0.05, 0) is 89.9 Å². The number of unbranched alkanes of at least 4 members (excludes halogenated alkanes) is 30. The highest BCUT2D eigenvalue weighted by atomic mass is 31.2. The van der Waals surface area contributed by atoms with Gasteiger partial charge >= 0.3 is 7.82 Å². The first kappa shape index (κ1) is 80.9. The number of phosphoric acid groups is 1. The van der Waals surface area contributed by atoms with E-state index in [9.17, 15) is 19.4 Å². The second-order valence-electron chi connectivity index (χ2n) is 24.5. The van der Waals surface area contributed by atoms with Crippen LogP contribution in [0.5, 0.6) is 0 Å². The largest absolute Gasteiger partial charge is 0.472 e. The first-order chi connectivity index (χ1) is 41.0. The van der Waals surface area contributed by atoms with Crippen LogP contribution in [0.3, 0.4) is 0 Å². The lowest BCUT2D eigenvalue weighted by molar-refractivity contribution is -0.870. The quantitative estimate of drug-likeness (QED) is 0.0243. The van der Waals surface area contributed by atoms with Crippen molar-refractivity contribution in [1.82, 2.24) is 5.32 Å². The maximum absolute atomic E-state index is 13.1. The van der Waals surface area contributed by atoms with Gasteiger partial charge in [0.1, 0.15) is 13.2 Å². The smallest absolute Gasteiger partial charge is 0.391 e. The van der Waals surface area contributed by atoms with E-state index in [-0.39, 0.29) is 19.1 Å². The molecule has 1 amide bonds. The molecule has 9 heteroatoms. The second-order valence-corrected chi connectivity index (χ2v) is 26.0. The van der Waals surface area contributed by atoms with Gasteiger partial charge in [-0.15, -0.1) is 0 Å².